The van der Waals surface area contributed by atoms with Gasteiger partial charge >= 0.3 is 5.97 Å². The van der Waals surface area contributed by atoms with Crippen LogP contribution in [0.15, 0.2) is 0 Å². The van der Waals surface area contributed by atoms with Crippen LogP contribution in [0.5, 0.6) is 0 Å². The number of carboxylic acid groups (broad SMARTS) is 1. The fourth-order valence-electron chi connectivity index (χ4n) is 2.89. The summed E-state index contributed by atoms with van der Waals surface area (Å²) < 4.78 is 0. The summed E-state index contributed by atoms with van der Waals surface area (Å²) in [6.45, 7) is -0.115. The molecule has 0 heterocycles. The molecule has 0 saturated heterocycles. The molecule has 18 heavy (non-hydrogen) atoms. The Kier molecular flexibility index (Phi) is 4.61. The van der Waals surface area contributed by atoms with Crippen molar-refractivity contribution in [1.29, 1.82) is 0 Å². The SMILES string of the molecule is O=C(O)CN(C(=O)CC1CCCCCC1)C1CC1. The maximum atomic E-state index is 12.2. The van der Waals surface area contributed by atoms with E-state index in [-0.39, 0.29) is 18.5 Å². The number of amides is 1. The molecular weight excluding hydrogens is 230 g/mol. The zero-order valence-electron chi connectivity index (χ0n) is 10.9. The lowest BCUT2D eigenvalue weighted by Crippen LogP contribution is -2.38. The van der Waals surface area contributed by atoms with Crippen LogP contribution in [0.2, 0.25) is 0 Å². The second-order valence-electron chi connectivity index (χ2n) is 5.71. The molecule has 1 N–H and O–H groups in total. The van der Waals surface area contributed by atoms with E-state index in [4.69, 9.17) is 5.11 Å². The van der Waals surface area contributed by atoms with Gasteiger partial charge in [-0.1, -0.05) is 25.7 Å². The number of nitrogens with zero attached hydrogens (tertiary/aromatic N) is 1. The first-order valence-electron chi connectivity index (χ1n) is 7.18. The molecule has 0 aliphatic heterocycles. The smallest absolute Gasteiger partial charge is 0.323 e. The van der Waals surface area contributed by atoms with Crippen LogP contribution >= 0.6 is 0 Å². The van der Waals surface area contributed by atoms with Gasteiger partial charge in [0.1, 0.15) is 6.54 Å². The summed E-state index contributed by atoms with van der Waals surface area (Å²) >= 11 is 0. The van der Waals surface area contributed by atoms with Crippen LogP contribution in [0.1, 0.15) is 57.8 Å². The van der Waals surface area contributed by atoms with Gasteiger partial charge in [0.2, 0.25) is 5.91 Å². The van der Waals surface area contributed by atoms with Crippen LogP contribution in [0.3, 0.4) is 0 Å². The maximum Gasteiger partial charge on any atom is 0.323 e. The van der Waals surface area contributed by atoms with Crippen LogP contribution < -0.4 is 0 Å². The summed E-state index contributed by atoms with van der Waals surface area (Å²) in [7, 11) is 0. The van der Waals surface area contributed by atoms with Gasteiger partial charge in [-0.2, -0.15) is 0 Å². The molecule has 102 valence electrons. The van der Waals surface area contributed by atoms with Crippen molar-refractivity contribution in [2.24, 2.45) is 5.92 Å². The van der Waals surface area contributed by atoms with Gasteiger partial charge in [-0.25, -0.2) is 0 Å². The first-order valence-corrected chi connectivity index (χ1v) is 7.18. The number of aliphatic carboxylic acids is 1. The molecule has 0 aromatic carbocycles. The van der Waals surface area contributed by atoms with Gasteiger partial charge in [0.15, 0.2) is 0 Å². The Morgan fingerprint density at radius 1 is 1.00 bits per heavy atom. The highest BCUT2D eigenvalue weighted by Crippen LogP contribution is 2.30. The Morgan fingerprint density at radius 3 is 2.11 bits per heavy atom. The van der Waals surface area contributed by atoms with Gasteiger partial charge in [-0.3, -0.25) is 9.59 Å². The number of carbonyl (C=O) groups is 2. The van der Waals surface area contributed by atoms with E-state index in [1.54, 1.807) is 4.90 Å². The van der Waals surface area contributed by atoms with E-state index in [1.165, 1.54) is 25.7 Å². The largest absolute Gasteiger partial charge is 0.480 e. The normalized spacial score (nSPS) is 21.3. The third kappa shape index (κ3) is 4.00. The molecule has 1 amide bonds. The summed E-state index contributed by atoms with van der Waals surface area (Å²) in [5.41, 5.74) is 0. The predicted molar refractivity (Wildman–Crippen MR) is 68.2 cm³/mol. The van der Waals surface area contributed by atoms with Crippen molar-refractivity contribution in [2.45, 2.75) is 63.8 Å². The molecule has 2 rings (SSSR count). The molecule has 2 aliphatic rings. The van der Waals surface area contributed by atoms with Crippen LogP contribution in [0, 0.1) is 5.92 Å². The van der Waals surface area contributed by atoms with Gasteiger partial charge in [-0.15, -0.1) is 0 Å². The van der Waals surface area contributed by atoms with Crippen molar-refractivity contribution in [2.75, 3.05) is 6.54 Å². The van der Waals surface area contributed by atoms with Crippen LogP contribution in [-0.4, -0.2) is 34.5 Å². The van der Waals surface area contributed by atoms with Crippen LogP contribution in [0.25, 0.3) is 0 Å². The summed E-state index contributed by atoms with van der Waals surface area (Å²) in [5.74, 6) is -0.349. The molecule has 0 radical (unpaired) electrons. The lowest BCUT2D eigenvalue weighted by molar-refractivity contribution is -0.145. The Labute approximate surface area is 108 Å². The molecule has 0 bridgehead atoms. The zero-order chi connectivity index (χ0) is 13.0. The fraction of sp³-hybridized carbons (Fsp3) is 0.857. The first kappa shape index (κ1) is 13.4. The zero-order valence-corrected chi connectivity index (χ0v) is 10.9. The Bertz CT molecular complexity index is 304. The maximum absolute atomic E-state index is 12.2. The third-order valence-electron chi connectivity index (χ3n) is 4.05. The van der Waals surface area contributed by atoms with Gasteiger partial charge < -0.3 is 10.0 Å². The first-order chi connectivity index (χ1) is 8.66. The highest BCUT2D eigenvalue weighted by molar-refractivity contribution is 5.82. The molecule has 4 nitrogen and oxygen atoms in total. The average molecular weight is 253 g/mol. The molecule has 0 aromatic rings. The second-order valence-corrected chi connectivity index (χ2v) is 5.71. The molecule has 0 atom stereocenters. The van der Waals surface area contributed by atoms with Crippen LogP contribution in [0.4, 0.5) is 0 Å². The third-order valence-corrected chi connectivity index (χ3v) is 4.05. The monoisotopic (exact) mass is 253 g/mol. The molecule has 2 aliphatic carbocycles. The summed E-state index contributed by atoms with van der Waals surface area (Å²) in [6.07, 6.45) is 9.80. The molecule has 4 heteroatoms. The lowest BCUT2D eigenvalue weighted by atomic mass is 9.96. The number of carbonyl (C=O) groups excluding carboxylic acids is 1. The molecular formula is C14H23NO3. The van der Waals surface area contributed by atoms with Gasteiger partial charge in [0.05, 0.1) is 0 Å². The predicted octanol–water partition coefficient (Wildman–Crippen LogP) is 2.42. The van der Waals surface area contributed by atoms with E-state index in [0.717, 1.165) is 25.7 Å². The Morgan fingerprint density at radius 2 is 1.61 bits per heavy atom. The van der Waals surface area contributed by atoms with Crippen molar-refractivity contribution in [3.8, 4) is 0 Å². The van der Waals surface area contributed by atoms with Crippen LogP contribution in [-0.2, 0) is 9.59 Å². The molecule has 0 unspecified atom stereocenters. The van der Waals surface area contributed by atoms with Gasteiger partial charge in [0, 0.05) is 12.5 Å². The summed E-state index contributed by atoms with van der Waals surface area (Å²) in [4.78, 5) is 24.6. The minimum atomic E-state index is -0.892. The Balaban J connectivity index is 1.85. The van der Waals surface area contributed by atoms with E-state index in [9.17, 15) is 9.59 Å². The number of hydrogen-bond donors (Lipinski definition) is 1. The van der Waals surface area contributed by atoms with Crippen molar-refractivity contribution in [1.82, 2.24) is 4.90 Å². The van der Waals surface area contributed by atoms with E-state index in [1.807, 2.05) is 0 Å². The minimum Gasteiger partial charge on any atom is -0.480 e. The minimum absolute atomic E-state index is 0.0619. The second kappa shape index (κ2) is 6.21. The van der Waals surface area contributed by atoms with Crippen molar-refractivity contribution in [3.05, 3.63) is 0 Å². The fourth-order valence-corrected chi connectivity index (χ4v) is 2.89. The molecule has 0 spiro atoms. The van der Waals surface area contributed by atoms with E-state index in [2.05, 4.69) is 0 Å². The molecule has 0 aromatic heterocycles. The highest BCUT2D eigenvalue weighted by Gasteiger charge is 2.34. The summed E-state index contributed by atoms with van der Waals surface area (Å²) in [5, 5.41) is 8.87. The molecule has 2 fully saturated rings. The van der Waals surface area contributed by atoms with Crippen molar-refractivity contribution < 1.29 is 14.7 Å². The number of hydrogen-bond acceptors (Lipinski definition) is 2. The average Bonchev–Trinajstić information content (AvgIpc) is 3.13. The van der Waals surface area contributed by atoms with Crippen molar-refractivity contribution >= 4 is 11.9 Å². The number of carboxylic acids is 1. The Hall–Kier alpha value is -1.06. The number of rotatable bonds is 5. The van der Waals surface area contributed by atoms with Gasteiger partial charge in [-0.05, 0) is 31.6 Å². The van der Waals surface area contributed by atoms with E-state index in [0.29, 0.717) is 12.3 Å². The highest BCUT2D eigenvalue weighted by atomic mass is 16.4. The van der Waals surface area contributed by atoms with E-state index < -0.39 is 5.97 Å². The van der Waals surface area contributed by atoms with Gasteiger partial charge in [0.25, 0.3) is 0 Å². The van der Waals surface area contributed by atoms with Crippen molar-refractivity contribution in [3.63, 3.8) is 0 Å². The van der Waals surface area contributed by atoms with E-state index >= 15 is 0 Å². The quantitative estimate of drug-likeness (QED) is 0.765. The summed E-state index contributed by atoms with van der Waals surface area (Å²) in [6, 6.07) is 0.208. The lowest BCUT2D eigenvalue weighted by Gasteiger charge is -2.23. The topological polar surface area (TPSA) is 57.6 Å². The molecule has 2 saturated carbocycles. The standard InChI is InChI=1S/C14H23NO3/c16-13(9-11-5-3-1-2-4-6-11)15(10-14(17)18)12-7-8-12/h11-12H,1-10H2,(H,17,18).